The summed E-state index contributed by atoms with van der Waals surface area (Å²) in [6.45, 7) is 3.97. The molecule has 0 amide bonds. The first-order valence-electron chi connectivity index (χ1n) is 6.33. The van der Waals surface area contributed by atoms with Crippen molar-refractivity contribution in [3.05, 3.63) is 59.2 Å². The summed E-state index contributed by atoms with van der Waals surface area (Å²) in [6.07, 6.45) is 2.04. The van der Waals surface area contributed by atoms with E-state index in [9.17, 15) is 8.78 Å². The number of benzene rings is 2. The molecule has 2 aromatic carbocycles. The molecule has 0 aliphatic carbocycles. The Morgan fingerprint density at radius 2 is 1.74 bits per heavy atom. The molecule has 19 heavy (non-hydrogen) atoms. The maximum atomic E-state index is 13.5. The Hall–Kier alpha value is -1.90. The third-order valence-electron chi connectivity index (χ3n) is 2.91. The maximum absolute atomic E-state index is 13.5. The second-order valence-corrected chi connectivity index (χ2v) is 4.50. The quantitative estimate of drug-likeness (QED) is 0.751. The lowest BCUT2D eigenvalue weighted by molar-refractivity contribution is 0.405. The van der Waals surface area contributed by atoms with Gasteiger partial charge in [0.25, 0.3) is 0 Å². The van der Waals surface area contributed by atoms with Gasteiger partial charge in [0.15, 0.2) is 17.4 Å². The largest absolute Gasteiger partial charge is 0.451 e. The van der Waals surface area contributed by atoms with Gasteiger partial charge in [-0.05, 0) is 42.7 Å². The van der Waals surface area contributed by atoms with Crippen LogP contribution in [0, 0.1) is 18.6 Å². The fourth-order valence-electron chi connectivity index (χ4n) is 1.96. The number of rotatable bonds is 4. The van der Waals surface area contributed by atoms with Crippen molar-refractivity contribution in [2.45, 2.75) is 26.7 Å². The van der Waals surface area contributed by atoms with E-state index < -0.39 is 11.6 Å². The number of hydrogen-bond donors (Lipinski definition) is 0. The van der Waals surface area contributed by atoms with Gasteiger partial charge in [0.05, 0.1) is 0 Å². The van der Waals surface area contributed by atoms with Gasteiger partial charge in [-0.1, -0.05) is 31.5 Å². The number of ether oxygens (including phenoxy) is 1. The molecule has 100 valence electrons. The van der Waals surface area contributed by atoms with E-state index in [2.05, 4.69) is 6.92 Å². The van der Waals surface area contributed by atoms with Crippen LogP contribution in [0.1, 0.15) is 24.5 Å². The summed E-state index contributed by atoms with van der Waals surface area (Å²) in [5.74, 6) is -1.27. The zero-order chi connectivity index (χ0) is 13.8. The molecule has 0 unspecified atom stereocenters. The van der Waals surface area contributed by atoms with Crippen LogP contribution < -0.4 is 4.74 Å². The predicted molar refractivity (Wildman–Crippen MR) is 71.6 cm³/mol. The van der Waals surface area contributed by atoms with E-state index in [1.165, 1.54) is 23.8 Å². The molecule has 2 rings (SSSR count). The highest BCUT2D eigenvalue weighted by Crippen LogP contribution is 2.30. The minimum atomic E-state index is -0.697. The minimum absolute atomic E-state index is 0.353. The average molecular weight is 262 g/mol. The molecular formula is C16H16F2O. The topological polar surface area (TPSA) is 9.23 Å². The summed E-state index contributed by atoms with van der Waals surface area (Å²) >= 11 is 0. The van der Waals surface area contributed by atoms with Crippen LogP contribution in [0.3, 0.4) is 0 Å². The van der Waals surface area contributed by atoms with Gasteiger partial charge in [-0.15, -0.1) is 0 Å². The second kappa shape index (κ2) is 5.83. The molecule has 0 N–H and O–H groups in total. The molecular weight excluding hydrogens is 246 g/mol. The summed E-state index contributed by atoms with van der Waals surface area (Å²) < 4.78 is 32.4. The standard InChI is InChI=1S/C16H16F2O/c1-3-5-12-8-9-15(11(2)10-12)19-16-13(17)6-4-7-14(16)18/h4,6-10H,3,5H2,1-2H3. The molecule has 0 atom stereocenters. The van der Waals surface area contributed by atoms with Crippen LogP contribution in [0.4, 0.5) is 8.78 Å². The van der Waals surface area contributed by atoms with E-state index >= 15 is 0 Å². The van der Waals surface area contributed by atoms with Gasteiger partial charge in [0.1, 0.15) is 5.75 Å². The first kappa shape index (κ1) is 13.5. The second-order valence-electron chi connectivity index (χ2n) is 4.50. The average Bonchev–Trinajstić information content (AvgIpc) is 2.37. The lowest BCUT2D eigenvalue weighted by Crippen LogP contribution is -1.95. The fourth-order valence-corrected chi connectivity index (χ4v) is 1.96. The van der Waals surface area contributed by atoms with Gasteiger partial charge in [0.2, 0.25) is 0 Å². The number of halogens is 2. The Labute approximate surface area is 111 Å². The van der Waals surface area contributed by atoms with Crippen molar-refractivity contribution < 1.29 is 13.5 Å². The van der Waals surface area contributed by atoms with Crippen LogP contribution in [0.5, 0.6) is 11.5 Å². The maximum Gasteiger partial charge on any atom is 0.198 e. The van der Waals surface area contributed by atoms with Crippen molar-refractivity contribution in [3.8, 4) is 11.5 Å². The van der Waals surface area contributed by atoms with Crippen LogP contribution in [-0.2, 0) is 6.42 Å². The molecule has 1 nitrogen and oxygen atoms in total. The van der Waals surface area contributed by atoms with Crippen molar-refractivity contribution in [1.82, 2.24) is 0 Å². The van der Waals surface area contributed by atoms with Crippen LogP contribution >= 0.6 is 0 Å². The Balaban J connectivity index is 2.29. The van der Waals surface area contributed by atoms with E-state index in [-0.39, 0.29) is 5.75 Å². The number of para-hydroxylation sites is 1. The van der Waals surface area contributed by atoms with Gasteiger partial charge < -0.3 is 4.74 Å². The molecule has 0 fully saturated rings. The Kier molecular flexibility index (Phi) is 4.15. The third kappa shape index (κ3) is 3.11. The van der Waals surface area contributed by atoms with E-state index in [0.29, 0.717) is 5.75 Å². The Bertz CT molecular complexity index is 559. The zero-order valence-corrected chi connectivity index (χ0v) is 11.0. The van der Waals surface area contributed by atoms with Crippen molar-refractivity contribution in [1.29, 1.82) is 0 Å². The highest BCUT2D eigenvalue weighted by molar-refractivity contribution is 5.40. The highest BCUT2D eigenvalue weighted by atomic mass is 19.1. The van der Waals surface area contributed by atoms with E-state index in [4.69, 9.17) is 4.74 Å². The van der Waals surface area contributed by atoms with E-state index in [1.807, 2.05) is 19.1 Å². The first-order chi connectivity index (χ1) is 9.11. The highest BCUT2D eigenvalue weighted by Gasteiger charge is 2.12. The summed E-state index contributed by atoms with van der Waals surface area (Å²) in [5, 5.41) is 0. The van der Waals surface area contributed by atoms with Crippen molar-refractivity contribution >= 4 is 0 Å². The van der Waals surface area contributed by atoms with Crippen LogP contribution in [-0.4, -0.2) is 0 Å². The smallest absolute Gasteiger partial charge is 0.198 e. The fraction of sp³-hybridized carbons (Fsp3) is 0.250. The van der Waals surface area contributed by atoms with Gasteiger partial charge in [-0.3, -0.25) is 0 Å². The van der Waals surface area contributed by atoms with Gasteiger partial charge in [-0.25, -0.2) is 8.78 Å². The lowest BCUT2D eigenvalue weighted by Gasteiger charge is -2.11. The monoisotopic (exact) mass is 262 g/mol. The Morgan fingerprint density at radius 3 is 2.32 bits per heavy atom. The van der Waals surface area contributed by atoms with Gasteiger partial charge in [0, 0.05) is 0 Å². The molecule has 0 aliphatic heterocycles. The zero-order valence-electron chi connectivity index (χ0n) is 11.0. The molecule has 0 saturated carbocycles. The molecule has 3 heteroatoms. The first-order valence-corrected chi connectivity index (χ1v) is 6.33. The predicted octanol–water partition coefficient (Wildman–Crippen LogP) is 5.02. The Morgan fingerprint density at radius 1 is 1.05 bits per heavy atom. The molecule has 0 saturated heterocycles. The molecule has 2 aromatic rings. The van der Waals surface area contributed by atoms with Gasteiger partial charge >= 0.3 is 0 Å². The molecule has 0 bridgehead atoms. The van der Waals surface area contributed by atoms with E-state index in [1.54, 1.807) is 6.07 Å². The number of hydrogen-bond acceptors (Lipinski definition) is 1. The molecule has 0 aromatic heterocycles. The molecule has 0 heterocycles. The summed E-state index contributed by atoms with van der Waals surface area (Å²) in [4.78, 5) is 0. The molecule has 0 aliphatic rings. The number of aryl methyl sites for hydroxylation is 2. The molecule has 0 spiro atoms. The normalized spacial score (nSPS) is 10.5. The minimum Gasteiger partial charge on any atom is -0.451 e. The van der Waals surface area contributed by atoms with E-state index in [0.717, 1.165) is 18.4 Å². The van der Waals surface area contributed by atoms with Crippen LogP contribution in [0.15, 0.2) is 36.4 Å². The van der Waals surface area contributed by atoms with Crippen LogP contribution in [0.25, 0.3) is 0 Å². The van der Waals surface area contributed by atoms with Crippen molar-refractivity contribution in [2.75, 3.05) is 0 Å². The van der Waals surface area contributed by atoms with Gasteiger partial charge in [-0.2, -0.15) is 0 Å². The molecule has 0 radical (unpaired) electrons. The summed E-state index contributed by atoms with van der Waals surface area (Å²) in [7, 11) is 0. The van der Waals surface area contributed by atoms with Crippen molar-refractivity contribution in [3.63, 3.8) is 0 Å². The summed E-state index contributed by atoms with van der Waals surface area (Å²) in [6, 6.07) is 9.33. The summed E-state index contributed by atoms with van der Waals surface area (Å²) in [5.41, 5.74) is 2.06. The van der Waals surface area contributed by atoms with Crippen LogP contribution in [0.2, 0.25) is 0 Å². The van der Waals surface area contributed by atoms with Crippen molar-refractivity contribution in [2.24, 2.45) is 0 Å². The SMILES string of the molecule is CCCc1ccc(Oc2c(F)cccc2F)c(C)c1. The lowest BCUT2D eigenvalue weighted by atomic mass is 10.1. The third-order valence-corrected chi connectivity index (χ3v) is 2.91.